The lowest BCUT2D eigenvalue weighted by Gasteiger charge is -2.61. The van der Waals surface area contributed by atoms with Gasteiger partial charge in [-0.25, -0.2) is 4.89 Å². The quantitative estimate of drug-likeness (QED) is 0.861. The molecule has 1 aromatic carbocycles. The summed E-state index contributed by atoms with van der Waals surface area (Å²) in [6, 6.07) is 7.02. The van der Waals surface area contributed by atoms with Gasteiger partial charge in [-0.1, -0.05) is 39.8 Å². The minimum atomic E-state index is -1.01. The van der Waals surface area contributed by atoms with Crippen molar-refractivity contribution in [1.29, 1.82) is 0 Å². The Labute approximate surface area is 137 Å². The highest BCUT2D eigenvalue weighted by Crippen LogP contribution is 2.70. The standard InChI is InChI=1S/C18H26O5/c1-15(2,3)18-16(4,9-10-20-5)12-21-17(18,22-23-18)13-7-6-8-14(19)11-13/h6-8,11,19H,9-10,12H2,1-5H3/t16-,17-,18-/m0/s1. The zero-order chi connectivity index (χ0) is 16.9. The number of methoxy groups -OCH3 is 1. The van der Waals surface area contributed by atoms with Crippen LogP contribution in [0.25, 0.3) is 0 Å². The van der Waals surface area contributed by atoms with E-state index in [1.807, 2.05) is 6.07 Å². The molecule has 128 valence electrons. The molecule has 5 nitrogen and oxygen atoms in total. The first-order valence-corrected chi connectivity index (χ1v) is 8.02. The molecule has 0 radical (unpaired) electrons. The Bertz CT molecular complexity index is 595. The topological polar surface area (TPSA) is 57.2 Å². The molecule has 2 saturated heterocycles. The molecule has 2 fully saturated rings. The van der Waals surface area contributed by atoms with E-state index in [1.165, 1.54) is 0 Å². The smallest absolute Gasteiger partial charge is 0.261 e. The molecule has 3 rings (SSSR count). The van der Waals surface area contributed by atoms with Gasteiger partial charge in [0, 0.05) is 30.1 Å². The van der Waals surface area contributed by atoms with Gasteiger partial charge in [0.2, 0.25) is 0 Å². The minimum Gasteiger partial charge on any atom is -0.508 e. The molecule has 0 bridgehead atoms. The summed E-state index contributed by atoms with van der Waals surface area (Å²) in [7, 11) is 1.70. The second-order valence-electron chi connectivity index (χ2n) is 7.86. The number of aromatic hydroxyl groups is 1. The number of ether oxygens (including phenoxy) is 2. The van der Waals surface area contributed by atoms with E-state index in [9.17, 15) is 5.11 Å². The zero-order valence-electron chi connectivity index (χ0n) is 14.5. The van der Waals surface area contributed by atoms with E-state index in [0.29, 0.717) is 13.2 Å². The average molecular weight is 322 g/mol. The van der Waals surface area contributed by atoms with Crippen LogP contribution in [0.1, 0.15) is 39.7 Å². The molecule has 23 heavy (non-hydrogen) atoms. The van der Waals surface area contributed by atoms with Gasteiger partial charge in [-0.15, -0.1) is 0 Å². The van der Waals surface area contributed by atoms with Gasteiger partial charge in [-0.3, -0.25) is 0 Å². The molecule has 0 aromatic heterocycles. The highest BCUT2D eigenvalue weighted by Gasteiger charge is 2.82. The summed E-state index contributed by atoms with van der Waals surface area (Å²) in [4.78, 5) is 11.5. The van der Waals surface area contributed by atoms with Gasteiger partial charge in [0.25, 0.3) is 5.79 Å². The number of benzene rings is 1. The summed E-state index contributed by atoms with van der Waals surface area (Å²) in [5.74, 6) is -0.823. The van der Waals surface area contributed by atoms with E-state index >= 15 is 0 Å². The van der Waals surface area contributed by atoms with Crippen molar-refractivity contribution >= 4 is 0 Å². The summed E-state index contributed by atoms with van der Waals surface area (Å²) in [6.45, 7) is 9.68. The molecular weight excluding hydrogens is 296 g/mol. The van der Waals surface area contributed by atoms with Crippen molar-refractivity contribution in [3.63, 3.8) is 0 Å². The molecule has 0 spiro atoms. The molecule has 1 aromatic rings. The van der Waals surface area contributed by atoms with Crippen LogP contribution in [-0.4, -0.2) is 31.0 Å². The van der Waals surface area contributed by atoms with E-state index < -0.39 is 11.4 Å². The van der Waals surface area contributed by atoms with Crippen molar-refractivity contribution in [1.82, 2.24) is 0 Å². The summed E-state index contributed by atoms with van der Waals surface area (Å²) in [5, 5.41) is 9.88. The Balaban J connectivity index is 2.12. The largest absolute Gasteiger partial charge is 0.508 e. The summed E-state index contributed by atoms with van der Waals surface area (Å²) in [6.07, 6.45) is 0.796. The first-order chi connectivity index (χ1) is 10.7. The van der Waals surface area contributed by atoms with Crippen molar-refractivity contribution in [2.24, 2.45) is 10.8 Å². The molecule has 0 saturated carbocycles. The third-order valence-corrected chi connectivity index (χ3v) is 5.33. The second-order valence-corrected chi connectivity index (χ2v) is 7.86. The monoisotopic (exact) mass is 322 g/mol. The molecule has 3 atom stereocenters. The normalized spacial score (nSPS) is 36.6. The first kappa shape index (κ1) is 16.7. The predicted molar refractivity (Wildman–Crippen MR) is 84.7 cm³/mol. The minimum absolute atomic E-state index is 0.185. The molecule has 0 amide bonds. The van der Waals surface area contributed by atoms with E-state index in [1.54, 1.807) is 25.3 Å². The van der Waals surface area contributed by atoms with Crippen molar-refractivity contribution in [3.8, 4) is 5.75 Å². The van der Waals surface area contributed by atoms with Crippen LogP contribution in [-0.2, 0) is 25.0 Å². The van der Waals surface area contributed by atoms with Gasteiger partial charge in [0.1, 0.15) is 5.75 Å². The fourth-order valence-corrected chi connectivity index (χ4v) is 4.33. The fourth-order valence-electron chi connectivity index (χ4n) is 4.33. The van der Waals surface area contributed by atoms with Crippen LogP contribution in [0.4, 0.5) is 0 Å². The van der Waals surface area contributed by atoms with Gasteiger partial charge in [0.05, 0.1) is 6.61 Å². The number of phenols is 1. The van der Waals surface area contributed by atoms with Crippen LogP contribution < -0.4 is 0 Å². The number of rotatable bonds is 4. The van der Waals surface area contributed by atoms with Crippen molar-refractivity contribution in [3.05, 3.63) is 29.8 Å². The Kier molecular flexibility index (Phi) is 3.76. The van der Waals surface area contributed by atoms with Crippen molar-refractivity contribution < 1.29 is 24.4 Å². The molecule has 2 aliphatic rings. The molecule has 2 aliphatic heterocycles. The van der Waals surface area contributed by atoms with Gasteiger partial charge >= 0.3 is 0 Å². The Morgan fingerprint density at radius 2 is 2.00 bits per heavy atom. The van der Waals surface area contributed by atoms with Gasteiger partial charge in [-0.2, -0.15) is 4.89 Å². The number of phenolic OH excluding ortho intramolecular Hbond substituents is 1. The van der Waals surface area contributed by atoms with Crippen LogP contribution >= 0.6 is 0 Å². The molecular formula is C18H26O5. The number of hydrogen-bond acceptors (Lipinski definition) is 5. The van der Waals surface area contributed by atoms with E-state index in [2.05, 4.69) is 27.7 Å². The Morgan fingerprint density at radius 1 is 1.26 bits per heavy atom. The lowest BCUT2D eigenvalue weighted by atomic mass is 9.56. The van der Waals surface area contributed by atoms with Crippen LogP contribution in [0.15, 0.2) is 24.3 Å². The summed E-state index contributed by atoms with van der Waals surface area (Å²) in [5.41, 5.74) is -0.403. The lowest BCUT2D eigenvalue weighted by molar-refractivity contribution is -0.627. The van der Waals surface area contributed by atoms with E-state index in [-0.39, 0.29) is 16.6 Å². The maximum Gasteiger partial charge on any atom is 0.261 e. The number of hydrogen-bond donors (Lipinski definition) is 1. The van der Waals surface area contributed by atoms with Crippen LogP contribution in [0.5, 0.6) is 5.75 Å². The van der Waals surface area contributed by atoms with Crippen LogP contribution in [0, 0.1) is 10.8 Å². The van der Waals surface area contributed by atoms with Gasteiger partial charge in [-0.05, 0) is 18.6 Å². The maximum atomic E-state index is 9.88. The fraction of sp³-hybridized carbons (Fsp3) is 0.667. The molecule has 5 heteroatoms. The highest BCUT2D eigenvalue weighted by molar-refractivity contribution is 5.37. The van der Waals surface area contributed by atoms with Crippen molar-refractivity contribution in [2.45, 2.75) is 45.5 Å². The summed E-state index contributed by atoms with van der Waals surface area (Å²) >= 11 is 0. The van der Waals surface area contributed by atoms with Gasteiger partial charge < -0.3 is 14.6 Å². The summed E-state index contributed by atoms with van der Waals surface area (Å²) < 4.78 is 11.5. The lowest BCUT2D eigenvalue weighted by Crippen LogP contribution is -2.73. The van der Waals surface area contributed by atoms with Crippen LogP contribution in [0.3, 0.4) is 0 Å². The SMILES string of the molecule is COCC[C@@]1(C)CO[C@@]2(c3cccc(O)c3)OO[C@@]12C(C)(C)C. The van der Waals surface area contributed by atoms with Crippen molar-refractivity contribution in [2.75, 3.05) is 20.3 Å². The molecule has 2 heterocycles. The Morgan fingerprint density at radius 3 is 2.52 bits per heavy atom. The second kappa shape index (κ2) is 5.18. The van der Waals surface area contributed by atoms with Gasteiger partial charge in [0.15, 0.2) is 5.60 Å². The first-order valence-electron chi connectivity index (χ1n) is 8.02. The maximum absolute atomic E-state index is 9.88. The van der Waals surface area contributed by atoms with E-state index in [4.69, 9.17) is 19.2 Å². The average Bonchev–Trinajstić information content (AvgIpc) is 2.61. The molecule has 0 aliphatic carbocycles. The van der Waals surface area contributed by atoms with Crippen LogP contribution in [0.2, 0.25) is 0 Å². The molecule has 0 unspecified atom stereocenters. The highest BCUT2D eigenvalue weighted by atomic mass is 17.3. The Hall–Kier alpha value is -1.14. The third kappa shape index (κ3) is 2.00. The van der Waals surface area contributed by atoms with E-state index in [0.717, 1.165) is 12.0 Å². The molecule has 1 N–H and O–H groups in total. The number of fused-ring (bicyclic) bond motifs is 1. The third-order valence-electron chi connectivity index (χ3n) is 5.33. The zero-order valence-corrected chi connectivity index (χ0v) is 14.5. The predicted octanol–water partition coefficient (Wildman–Crippen LogP) is 3.36.